The average Bonchev–Trinajstić information content (AvgIpc) is 2.27. The standard InChI is InChI=1S/C14H27N3O2/c1-10(2)17(11(3)4)13(18)9-16-8-6-5-7-12(16)14(15)19/h10-12H,5-9H2,1-4H3,(H2,15,19)/t12-/m0/s1. The van der Waals surface area contributed by atoms with Crippen LogP contribution in [0.5, 0.6) is 0 Å². The van der Waals surface area contributed by atoms with E-state index >= 15 is 0 Å². The molecule has 0 aromatic rings. The summed E-state index contributed by atoms with van der Waals surface area (Å²) < 4.78 is 0. The van der Waals surface area contributed by atoms with Gasteiger partial charge in [-0.2, -0.15) is 0 Å². The summed E-state index contributed by atoms with van der Waals surface area (Å²) in [6.07, 6.45) is 2.81. The Balaban J connectivity index is 2.70. The first-order chi connectivity index (χ1) is 8.84. The number of primary amides is 1. The molecule has 5 nitrogen and oxygen atoms in total. The lowest BCUT2D eigenvalue weighted by molar-refractivity contribution is -0.138. The molecule has 0 spiro atoms. The van der Waals surface area contributed by atoms with Crippen molar-refractivity contribution in [3.05, 3.63) is 0 Å². The number of rotatable bonds is 5. The van der Waals surface area contributed by atoms with E-state index in [4.69, 9.17) is 5.73 Å². The van der Waals surface area contributed by atoms with E-state index in [2.05, 4.69) is 0 Å². The second kappa shape index (κ2) is 6.89. The Bertz CT molecular complexity index is 321. The van der Waals surface area contributed by atoms with Crippen LogP contribution in [-0.2, 0) is 9.59 Å². The molecule has 0 radical (unpaired) electrons. The fourth-order valence-electron chi connectivity index (χ4n) is 2.93. The molecule has 110 valence electrons. The molecule has 0 saturated carbocycles. The van der Waals surface area contributed by atoms with Crippen molar-refractivity contribution in [2.75, 3.05) is 13.1 Å². The molecule has 0 unspecified atom stereocenters. The maximum Gasteiger partial charge on any atom is 0.237 e. The molecule has 1 aliphatic heterocycles. The molecule has 19 heavy (non-hydrogen) atoms. The topological polar surface area (TPSA) is 66.6 Å². The molecular formula is C14H27N3O2. The van der Waals surface area contributed by atoms with Crippen LogP contribution in [0.4, 0.5) is 0 Å². The van der Waals surface area contributed by atoms with E-state index in [1.807, 2.05) is 37.5 Å². The molecule has 0 bridgehead atoms. The van der Waals surface area contributed by atoms with Crippen LogP contribution in [0.2, 0.25) is 0 Å². The predicted octanol–water partition coefficient (Wildman–Crippen LogP) is 0.972. The number of nitrogens with zero attached hydrogens (tertiary/aromatic N) is 2. The Labute approximate surface area is 116 Å². The number of nitrogens with two attached hydrogens (primary N) is 1. The second-order valence-corrected chi connectivity index (χ2v) is 5.87. The zero-order valence-electron chi connectivity index (χ0n) is 12.6. The largest absolute Gasteiger partial charge is 0.368 e. The van der Waals surface area contributed by atoms with Crippen LogP contribution in [0.15, 0.2) is 0 Å². The highest BCUT2D eigenvalue weighted by Gasteiger charge is 2.30. The molecule has 2 N–H and O–H groups in total. The van der Waals surface area contributed by atoms with E-state index in [9.17, 15) is 9.59 Å². The van der Waals surface area contributed by atoms with E-state index in [-0.39, 0.29) is 29.9 Å². The molecule has 0 aromatic heterocycles. The average molecular weight is 269 g/mol. The quantitative estimate of drug-likeness (QED) is 0.809. The first-order valence-corrected chi connectivity index (χ1v) is 7.19. The Morgan fingerprint density at radius 2 is 1.79 bits per heavy atom. The zero-order valence-corrected chi connectivity index (χ0v) is 12.6. The van der Waals surface area contributed by atoms with Crippen LogP contribution in [0, 0.1) is 0 Å². The molecule has 1 rings (SSSR count). The third-order valence-electron chi connectivity index (χ3n) is 3.68. The summed E-state index contributed by atoms with van der Waals surface area (Å²) >= 11 is 0. The SMILES string of the molecule is CC(C)N(C(=O)CN1CCCC[C@H]1C(N)=O)C(C)C. The van der Waals surface area contributed by atoms with Gasteiger partial charge in [0, 0.05) is 12.1 Å². The van der Waals surface area contributed by atoms with Crippen LogP contribution in [0.25, 0.3) is 0 Å². The van der Waals surface area contributed by atoms with Crippen molar-refractivity contribution in [2.45, 2.75) is 65.1 Å². The molecule has 2 amide bonds. The minimum atomic E-state index is -0.312. The van der Waals surface area contributed by atoms with Crippen molar-refractivity contribution < 1.29 is 9.59 Å². The summed E-state index contributed by atoms with van der Waals surface area (Å²) in [6.45, 7) is 9.13. The first-order valence-electron chi connectivity index (χ1n) is 7.19. The third kappa shape index (κ3) is 4.20. The number of carbonyl (C=O) groups is 2. The fraction of sp³-hybridized carbons (Fsp3) is 0.857. The number of carbonyl (C=O) groups excluding carboxylic acids is 2. The van der Waals surface area contributed by atoms with Gasteiger partial charge in [0.1, 0.15) is 0 Å². The monoisotopic (exact) mass is 269 g/mol. The van der Waals surface area contributed by atoms with Crippen molar-refractivity contribution in [2.24, 2.45) is 5.73 Å². The van der Waals surface area contributed by atoms with Gasteiger partial charge in [-0.05, 0) is 47.1 Å². The van der Waals surface area contributed by atoms with E-state index in [1.165, 1.54) is 0 Å². The lowest BCUT2D eigenvalue weighted by Crippen LogP contribution is -2.53. The van der Waals surface area contributed by atoms with Crippen molar-refractivity contribution >= 4 is 11.8 Å². The Hall–Kier alpha value is -1.10. The van der Waals surface area contributed by atoms with Gasteiger partial charge in [-0.3, -0.25) is 14.5 Å². The lowest BCUT2D eigenvalue weighted by Gasteiger charge is -2.37. The summed E-state index contributed by atoms with van der Waals surface area (Å²) in [5.74, 6) is -0.230. The minimum Gasteiger partial charge on any atom is -0.368 e. The Morgan fingerprint density at radius 1 is 1.21 bits per heavy atom. The van der Waals surface area contributed by atoms with E-state index in [1.54, 1.807) is 0 Å². The molecular weight excluding hydrogens is 242 g/mol. The van der Waals surface area contributed by atoms with Gasteiger partial charge in [0.05, 0.1) is 12.6 Å². The summed E-state index contributed by atoms with van der Waals surface area (Å²) in [5.41, 5.74) is 5.42. The summed E-state index contributed by atoms with van der Waals surface area (Å²) in [4.78, 5) is 27.6. The normalized spacial score (nSPS) is 20.8. The van der Waals surface area contributed by atoms with Crippen molar-refractivity contribution in [3.8, 4) is 0 Å². The maximum atomic E-state index is 12.4. The van der Waals surface area contributed by atoms with Crippen LogP contribution >= 0.6 is 0 Å². The Kier molecular flexibility index (Phi) is 5.79. The van der Waals surface area contributed by atoms with E-state index in [0.29, 0.717) is 6.54 Å². The van der Waals surface area contributed by atoms with E-state index < -0.39 is 0 Å². The smallest absolute Gasteiger partial charge is 0.237 e. The molecule has 5 heteroatoms. The summed E-state index contributed by atoms with van der Waals surface area (Å²) in [6, 6.07) is 0.0625. The summed E-state index contributed by atoms with van der Waals surface area (Å²) in [7, 11) is 0. The fourth-order valence-corrected chi connectivity index (χ4v) is 2.93. The van der Waals surface area contributed by atoms with Gasteiger partial charge >= 0.3 is 0 Å². The van der Waals surface area contributed by atoms with Crippen LogP contribution in [-0.4, -0.2) is 52.8 Å². The van der Waals surface area contributed by atoms with Gasteiger partial charge in [0.15, 0.2) is 0 Å². The van der Waals surface area contributed by atoms with E-state index in [0.717, 1.165) is 25.8 Å². The molecule has 1 atom stereocenters. The highest BCUT2D eigenvalue weighted by atomic mass is 16.2. The van der Waals surface area contributed by atoms with Gasteiger partial charge in [-0.15, -0.1) is 0 Å². The second-order valence-electron chi connectivity index (χ2n) is 5.87. The van der Waals surface area contributed by atoms with Crippen molar-refractivity contribution in [1.29, 1.82) is 0 Å². The van der Waals surface area contributed by atoms with Gasteiger partial charge in [0.2, 0.25) is 11.8 Å². The molecule has 1 heterocycles. The molecule has 1 fully saturated rings. The van der Waals surface area contributed by atoms with Gasteiger partial charge in [0.25, 0.3) is 0 Å². The van der Waals surface area contributed by atoms with Gasteiger partial charge in [-0.25, -0.2) is 0 Å². The molecule has 0 aromatic carbocycles. The number of hydrogen-bond acceptors (Lipinski definition) is 3. The molecule has 1 aliphatic rings. The van der Waals surface area contributed by atoms with Crippen LogP contribution in [0.1, 0.15) is 47.0 Å². The van der Waals surface area contributed by atoms with Crippen molar-refractivity contribution in [1.82, 2.24) is 9.80 Å². The molecule has 0 aliphatic carbocycles. The van der Waals surface area contributed by atoms with Gasteiger partial charge < -0.3 is 10.6 Å². The van der Waals surface area contributed by atoms with Crippen molar-refractivity contribution in [3.63, 3.8) is 0 Å². The summed E-state index contributed by atoms with van der Waals surface area (Å²) in [5, 5.41) is 0. The number of hydrogen-bond donors (Lipinski definition) is 1. The van der Waals surface area contributed by atoms with Crippen LogP contribution in [0.3, 0.4) is 0 Å². The number of amides is 2. The Morgan fingerprint density at radius 3 is 2.26 bits per heavy atom. The maximum absolute atomic E-state index is 12.4. The molecule has 1 saturated heterocycles. The highest BCUT2D eigenvalue weighted by Crippen LogP contribution is 2.17. The first kappa shape index (κ1) is 16.0. The highest BCUT2D eigenvalue weighted by molar-refractivity contribution is 5.82. The number of piperidine rings is 1. The number of likely N-dealkylation sites (tertiary alicyclic amines) is 1. The minimum absolute atomic E-state index is 0.0816. The third-order valence-corrected chi connectivity index (χ3v) is 3.68. The predicted molar refractivity (Wildman–Crippen MR) is 75.5 cm³/mol. The van der Waals surface area contributed by atoms with Crippen LogP contribution < -0.4 is 5.73 Å². The lowest BCUT2D eigenvalue weighted by atomic mass is 10.0. The van der Waals surface area contributed by atoms with Gasteiger partial charge in [-0.1, -0.05) is 6.42 Å². The zero-order chi connectivity index (χ0) is 14.6.